The average Bonchev–Trinajstić information content (AvgIpc) is 2.89. The summed E-state index contributed by atoms with van der Waals surface area (Å²) in [5.41, 5.74) is 2.24. The fourth-order valence-electron chi connectivity index (χ4n) is 1.82. The number of nitrogens with zero attached hydrogens (tertiary/aromatic N) is 1. The van der Waals surface area contributed by atoms with E-state index in [2.05, 4.69) is 20.9 Å². The van der Waals surface area contributed by atoms with E-state index in [-0.39, 0.29) is 5.82 Å². The molecule has 19 heavy (non-hydrogen) atoms. The predicted molar refractivity (Wildman–Crippen MR) is 80.6 cm³/mol. The van der Waals surface area contributed by atoms with Gasteiger partial charge in [-0.05, 0) is 18.2 Å². The van der Waals surface area contributed by atoms with Crippen LogP contribution in [-0.4, -0.2) is 4.98 Å². The van der Waals surface area contributed by atoms with Gasteiger partial charge in [-0.15, -0.1) is 11.3 Å². The molecule has 0 fully saturated rings. The first kappa shape index (κ1) is 12.5. The Morgan fingerprint density at radius 1 is 0.947 bits per heavy atom. The van der Waals surface area contributed by atoms with E-state index < -0.39 is 0 Å². The largest absolute Gasteiger partial charge is 0.236 e. The minimum atomic E-state index is -0.244. The van der Waals surface area contributed by atoms with Crippen LogP contribution in [-0.2, 0) is 0 Å². The highest BCUT2D eigenvalue weighted by molar-refractivity contribution is 9.10. The second kappa shape index (κ2) is 5.23. The van der Waals surface area contributed by atoms with E-state index in [1.807, 2.05) is 35.7 Å². The Morgan fingerprint density at radius 2 is 1.63 bits per heavy atom. The van der Waals surface area contributed by atoms with Gasteiger partial charge in [0.2, 0.25) is 0 Å². The Bertz CT molecular complexity index is 663. The zero-order valence-electron chi connectivity index (χ0n) is 9.81. The summed E-state index contributed by atoms with van der Waals surface area (Å²) in [5.74, 6) is -0.244. The molecular formula is C15H9BrFNS. The molecule has 3 aromatic rings. The SMILES string of the molecule is Fc1ccccc1-c1csc(-c2ccccc2Br)n1. The van der Waals surface area contributed by atoms with Crippen LogP contribution in [0.5, 0.6) is 0 Å². The molecule has 0 radical (unpaired) electrons. The lowest BCUT2D eigenvalue weighted by Gasteiger charge is -2.00. The molecule has 1 aromatic heterocycles. The highest BCUT2D eigenvalue weighted by atomic mass is 79.9. The summed E-state index contributed by atoms with van der Waals surface area (Å²) in [5, 5.41) is 2.76. The van der Waals surface area contributed by atoms with E-state index >= 15 is 0 Å². The smallest absolute Gasteiger partial charge is 0.132 e. The molecule has 2 aromatic carbocycles. The van der Waals surface area contributed by atoms with Crippen LogP contribution in [0.3, 0.4) is 0 Å². The molecule has 0 bridgehead atoms. The Labute approximate surface area is 122 Å². The molecular weight excluding hydrogens is 325 g/mol. The van der Waals surface area contributed by atoms with Crippen LogP contribution in [0.15, 0.2) is 58.4 Å². The standard InChI is InChI=1S/C15H9BrFNS/c16-12-7-3-1-5-10(12)15-18-14(9-19-15)11-6-2-4-8-13(11)17/h1-9H. The van der Waals surface area contributed by atoms with Gasteiger partial charge in [0.05, 0.1) is 5.69 Å². The summed E-state index contributed by atoms with van der Waals surface area (Å²) in [4.78, 5) is 4.52. The first-order valence-electron chi connectivity index (χ1n) is 5.71. The second-order valence-electron chi connectivity index (χ2n) is 4.00. The lowest BCUT2D eigenvalue weighted by Crippen LogP contribution is -1.84. The van der Waals surface area contributed by atoms with E-state index in [0.29, 0.717) is 11.3 Å². The Kier molecular flexibility index (Phi) is 3.44. The normalized spacial score (nSPS) is 10.6. The molecule has 0 unspecified atom stereocenters. The number of halogens is 2. The Morgan fingerprint density at radius 3 is 2.37 bits per heavy atom. The molecule has 0 spiro atoms. The second-order valence-corrected chi connectivity index (χ2v) is 5.71. The summed E-state index contributed by atoms with van der Waals surface area (Å²) < 4.78 is 14.7. The summed E-state index contributed by atoms with van der Waals surface area (Å²) in [6.45, 7) is 0. The fraction of sp³-hybridized carbons (Fsp3) is 0. The zero-order valence-corrected chi connectivity index (χ0v) is 12.2. The summed E-state index contributed by atoms with van der Waals surface area (Å²) in [6, 6.07) is 14.6. The lowest BCUT2D eigenvalue weighted by molar-refractivity contribution is 0.631. The van der Waals surface area contributed by atoms with Crippen LogP contribution in [0.1, 0.15) is 0 Å². The monoisotopic (exact) mass is 333 g/mol. The van der Waals surface area contributed by atoms with Gasteiger partial charge in [-0.25, -0.2) is 9.37 Å². The first-order valence-corrected chi connectivity index (χ1v) is 7.38. The Hall–Kier alpha value is -1.52. The summed E-state index contributed by atoms with van der Waals surface area (Å²) in [7, 11) is 0. The van der Waals surface area contributed by atoms with Gasteiger partial charge in [0, 0.05) is 21.0 Å². The minimum Gasteiger partial charge on any atom is -0.236 e. The van der Waals surface area contributed by atoms with E-state index in [1.54, 1.807) is 12.1 Å². The third-order valence-electron chi connectivity index (χ3n) is 2.76. The molecule has 1 nitrogen and oxygen atoms in total. The van der Waals surface area contributed by atoms with Crippen molar-refractivity contribution >= 4 is 27.3 Å². The van der Waals surface area contributed by atoms with Crippen molar-refractivity contribution < 1.29 is 4.39 Å². The van der Waals surface area contributed by atoms with Crippen molar-refractivity contribution in [1.29, 1.82) is 0 Å². The van der Waals surface area contributed by atoms with Crippen molar-refractivity contribution in [3.8, 4) is 21.8 Å². The lowest BCUT2D eigenvalue weighted by atomic mass is 10.1. The van der Waals surface area contributed by atoms with Crippen LogP contribution in [0, 0.1) is 5.82 Å². The van der Waals surface area contributed by atoms with Gasteiger partial charge in [-0.2, -0.15) is 0 Å². The highest BCUT2D eigenvalue weighted by Crippen LogP contribution is 2.33. The number of aromatic nitrogens is 1. The molecule has 0 amide bonds. The molecule has 0 saturated carbocycles. The van der Waals surface area contributed by atoms with E-state index in [4.69, 9.17) is 0 Å². The molecule has 0 N–H and O–H groups in total. The summed E-state index contributed by atoms with van der Waals surface area (Å²) >= 11 is 5.02. The van der Waals surface area contributed by atoms with Gasteiger partial charge < -0.3 is 0 Å². The molecule has 1 heterocycles. The molecule has 0 atom stereocenters. The fourth-order valence-corrected chi connectivity index (χ4v) is 3.29. The van der Waals surface area contributed by atoms with Crippen LogP contribution < -0.4 is 0 Å². The van der Waals surface area contributed by atoms with E-state index in [9.17, 15) is 4.39 Å². The van der Waals surface area contributed by atoms with Gasteiger partial charge in [0.1, 0.15) is 10.8 Å². The molecule has 94 valence electrons. The van der Waals surface area contributed by atoms with Crippen LogP contribution in [0.25, 0.3) is 21.8 Å². The maximum Gasteiger partial charge on any atom is 0.132 e. The molecule has 4 heteroatoms. The number of rotatable bonds is 2. The maximum atomic E-state index is 13.7. The third kappa shape index (κ3) is 2.46. The maximum absolute atomic E-state index is 13.7. The number of hydrogen-bond donors (Lipinski definition) is 0. The number of hydrogen-bond acceptors (Lipinski definition) is 2. The highest BCUT2D eigenvalue weighted by Gasteiger charge is 2.11. The van der Waals surface area contributed by atoms with Gasteiger partial charge in [0.15, 0.2) is 0 Å². The van der Waals surface area contributed by atoms with Crippen molar-refractivity contribution in [2.75, 3.05) is 0 Å². The van der Waals surface area contributed by atoms with Crippen LogP contribution in [0.2, 0.25) is 0 Å². The number of benzene rings is 2. The molecule has 0 aliphatic rings. The first-order chi connectivity index (χ1) is 9.25. The number of thiazole rings is 1. The van der Waals surface area contributed by atoms with Crippen LogP contribution >= 0.6 is 27.3 Å². The minimum absolute atomic E-state index is 0.244. The van der Waals surface area contributed by atoms with Crippen molar-refractivity contribution in [1.82, 2.24) is 4.98 Å². The third-order valence-corrected chi connectivity index (χ3v) is 4.33. The van der Waals surface area contributed by atoms with Crippen molar-refractivity contribution in [3.63, 3.8) is 0 Å². The molecule has 0 saturated heterocycles. The Balaban J connectivity index is 2.06. The van der Waals surface area contributed by atoms with E-state index in [1.165, 1.54) is 17.4 Å². The van der Waals surface area contributed by atoms with Crippen molar-refractivity contribution in [2.45, 2.75) is 0 Å². The van der Waals surface area contributed by atoms with Gasteiger partial charge >= 0.3 is 0 Å². The average molecular weight is 334 g/mol. The molecule has 3 rings (SSSR count). The van der Waals surface area contributed by atoms with Gasteiger partial charge in [0.25, 0.3) is 0 Å². The van der Waals surface area contributed by atoms with Gasteiger partial charge in [-0.1, -0.05) is 46.3 Å². The van der Waals surface area contributed by atoms with Crippen molar-refractivity contribution in [3.05, 3.63) is 64.2 Å². The van der Waals surface area contributed by atoms with Crippen LogP contribution in [0.4, 0.5) is 4.39 Å². The quantitative estimate of drug-likeness (QED) is 0.613. The topological polar surface area (TPSA) is 12.9 Å². The van der Waals surface area contributed by atoms with E-state index in [0.717, 1.165) is 15.0 Å². The molecule has 0 aliphatic carbocycles. The van der Waals surface area contributed by atoms with Gasteiger partial charge in [-0.3, -0.25) is 0 Å². The zero-order chi connectivity index (χ0) is 13.2. The van der Waals surface area contributed by atoms with Crippen molar-refractivity contribution in [2.24, 2.45) is 0 Å². The molecule has 0 aliphatic heterocycles. The predicted octanol–water partition coefficient (Wildman–Crippen LogP) is 5.38. The summed E-state index contributed by atoms with van der Waals surface area (Å²) in [6.07, 6.45) is 0.